The molecule has 1 aliphatic heterocycles. The lowest BCUT2D eigenvalue weighted by molar-refractivity contribution is -0.142. The number of carbonyl (C=O) groups excluding carboxylic acids is 1. The molecule has 1 amide bonds. The van der Waals surface area contributed by atoms with Crippen molar-refractivity contribution in [2.24, 2.45) is 0 Å². The number of hydrogen-bond donors (Lipinski definition) is 1. The van der Waals surface area contributed by atoms with Crippen LogP contribution in [-0.2, 0) is 17.5 Å². The molecule has 2 atom stereocenters. The Kier molecular flexibility index (Phi) is 7.91. The van der Waals surface area contributed by atoms with E-state index in [4.69, 9.17) is 27.9 Å². The number of aliphatic hydroxyl groups is 1. The summed E-state index contributed by atoms with van der Waals surface area (Å²) in [5, 5.41) is 14.7. The maximum Gasteiger partial charge on any atom is 0.436 e. The number of amides is 1. The number of aromatic nitrogens is 2. The molecule has 1 aliphatic rings. The zero-order chi connectivity index (χ0) is 26.9. The van der Waals surface area contributed by atoms with E-state index in [0.29, 0.717) is 22.9 Å². The van der Waals surface area contributed by atoms with Crippen LogP contribution in [0.5, 0.6) is 5.75 Å². The Labute approximate surface area is 221 Å². The highest BCUT2D eigenvalue weighted by molar-refractivity contribution is 6.32. The van der Waals surface area contributed by atoms with Crippen molar-refractivity contribution in [1.82, 2.24) is 14.7 Å². The molecule has 3 aromatic rings. The van der Waals surface area contributed by atoms with Gasteiger partial charge in [0.05, 0.1) is 28.9 Å². The van der Waals surface area contributed by atoms with Crippen LogP contribution in [0.1, 0.15) is 23.1 Å². The molecule has 1 aromatic heterocycles. The van der Waals surface area contributed by atoms with E-state index in [1.165, 1.54) is 18.9 Å². The normalized spacial score (nSPS) is 17.1. The van der Waals surface area contributed by atoms with E-state index >= 15 is 0 Å². The number of nitrogens with zero attached hydrogens (tertiary/aromatic N) is 4. The van der Waals surface area contributed by atoms with Gasteiger partial charge in [-0.1, -0.05) is 53.5 Å². The Bertz CT molecular complexity index is 1270. The van der Waals surface area contributed by atoms with E-state index in [-0.39, 0.29) is 18.8 Å². The Morgan fingerprint density at radius 1 is 1.19 bits per heavy atom. The summed E-state index contributed by atoms with van der Waals surface area (Å²) in [6.07, 6.45) is -5.79. The number of anilines is 1. The number of ether oxygens (including phenoxy) is 1. The molecule has 7 nitrogen and oxygen atoms in total. The second-order valence-corrected chi connectivity index (χ2v) is 9.46. The molecule has 4 rings (SSSR count). The van der Waals surface area contributed by atoms with E-state index in [2.05, 4.69) is 5.10 Å². The molecule has 1 saturated heterocycles. The average Bonchev–Trinajstić information content (AvgIpc) is 3.17. The van der Waals surface area contributed by atoms with Gasteiger partial charge in [-0.3, -0.25) is 9.48 Å². The van der Waals surface area contributed by atoms with Crippen molar-refractivity contribution in [2.45, 2.75) is 31.8 Å². The van der Waals surface area contributed by atoms with Crippen molar-refractivity contribution >= 4 is 34.8 Å². The SMILES string of the molecule is COc1cc(N2CCN(C(=O)Cn3nc(C(F)(F)F)c(Cl)c3C)C(C(O)c3ccccc3)C2)ccc1Cl. The highest BCUT2D eigenvalue weighted by Gasteiger charge is 2.40. The first-order chi connectivity index (χ1) is 17.5. The van der Waals surface area contributed by atoms with Gasteiger partial charge in [-0.2, -0.15) is 18.3 Å². The van der Waals surface area contributed by atoms with E-state index in [1.807, 2.05) is 17.0 Å². The topological polar surface area (TPSA) is 70.8 Å². The van der Waals surface area contributed by atoms with Crippen LogP contribution >= 0.6 is 23.2 Å². The van der Waals surface area contributed by atoms with Crippen LogP contribution in [0.15, 0.2) is 48.5 Å². The Morgan fingerprint density at radius 2 is 1.89 bits per heavy atom. The third-order valence-electron chi connectivity index (χ3n) is 6.43. The second kappa shape index (κ2) is 10.8. The third-order valence-corrected chi connectivity index (χ3v) is 7.20. The number of rotatable bonds is 6. The van der Waals surface area contributed by atoms with Gasteiger partial charge < -0.3 is 19.6 Å². The molecule has 0 radical (unpaired) electrons. The summed E-state index contributed by atoms with van der Waals surface area (Å²) in [7, 11) is 1.51. The van der Waals surface area contributed by atoms with Crippen LogP contribution < -0.4 is 9.64 Å². The average molecular weight is 557 g/mol. The number of benzene rings is 2. The molecular formula is C25H25Cl2F3N4O3. The largest absolute Gasteiger partial charge is 0.495 e. The van der Waals surface area contributed by atoms with Gasteiger partial charge in [-0.25, -0.2) is 0 Å². The van der Waals surface area contributed by atoms with Crippen molar-refractivity contribution in [3.8, 4) is 5.75 Å². The van der Waals surface area contributed by atoms with Gasteiger partial charge >= 0.3 is 6.18 Å². The lowest BCUT2D eigenvalue weighted by Crippen LogP contribution is -2.58. The highest BCUT2D eigenvalue weighted by atomic mass is 35.5. The summed E-state index contributed by atoms with van der Waals surface area (Å²) in [6.45, 7) is 1.83. The minimum absolute atomic E-state index is 0.0365. The predicted molar refractivity (Wildman–Crippen MR) is 134 cm³/mol. The minimum atomic E-state index is -4.74. The van der Waals surface area contributed by atoms with Gasteiger partial charge in [-0.15, -0.1) is 0 Å². The van der Waals surface area contributed by atoms with Crippen LogP contribution in [0.2, 0.25) is 10.0 Å². The Morgan fingerprint density at radius 3 is 2.51 bits per heavy atom. The second-order valence-electron chi connectivity index (χ2n) is 8.68. The Hall–Kier alpha value is -2.95. The van der Waals surface area contributed by atoms with Gasteiger partial charge in [0.2, 0.25) is 5.91 Å². The first kappa shape index (κ1) is 27.1. The van der Waals surface area contributed by atoms with Gasteiger partial charge in [0.25, 0.3) is 0 Å². The first-order valence-corrected chi connectivity index (χ1v) is 12.2. The van der Waals surface area contributed by atoms with Gasteiger partial charge in [0.15, 0.2) is 5.69 Å². The number of carbonyl (C=O) groups is 1. The summed E-state index contributed by atoms with van der Waals surface area (Å²) in [5.74, 6) is 0.00800. The number of piperazine rings is 1. The zero-order valence-corrected chi connectivity index (χ0v) is 21.6. The summed E-state index contributed by atoms with van der Waals surface area (Å²) in [6, 6.07) is 13.5. The van der Waals surface area contributed by atoms with Crippen molar-refractivity contribution in [2.75, 3.05) is 31.6 Å². The minimum Gasteiger partial charge on any atom is -0.495 e. The Balaban J connectivity index is 1.62. The summed E-state index contributed by atoms with van der Waals surface area (Å²) >= 11 is 12.0. The van der Waals surface area contributed by atoms with E-state index in [9.17, 15) is 23.1 Å². The predicted octanol–water partition coefficient (Wildman–Crippen LogP) is 4.98. The summed E-state index contributed by atoms with van der Waals surface area (Å²) < 4.78 is 46.1. The third kappa shape index (κ3) is 5.66. The van der Waals surface area contributed by atoms with Crippen molar-refractivity contribution in [3.05, 3.63) is 75.5 Å². The maximum absolute atomic E-state index is 13.4. The highest BCUT2D eigenvalue weighted by Crippen LogP contribution is 2.36. The zero-order valence-electron chi connectivity index (χ0n) is 20.0. The molecule has 2 aromatic carbocycles. The van der Waals surface area contributed by atoms with E-state index in [1.54, 1.807) is 36.4 Å². The molecule has 2 unspecified atom stereocenters. The number of hydrogen-bond acceptors (Lipinski definition) is 5. The number of aliphatic hydroxyl groups excluding tert-OH is 1. The van der Waals surface area contributed by atoms with Crippen molar-refractivity contribution < 1.29 is 27.8 Å². The smallest absolute Gasteiger partial charge is 0.436 e. The number of methoxy groups -OCH3 is 1. The van der Waals surface area contributed by atoms with Crippen LogP contribution in [0.25, 0.3) is 0 Å². The molecule has 37 heavy (non-hydrogen) atoms. The number of halogens is 5. The van der Waals surface area contributed by atoms with Gasteiger partial charge in [0.1, 0.15) is 18.4 Å². The fourth-order valence-corrected chi connectivity index (χ4v) is 4.86. The molecule has 198 valence electrons. The van der Waals surface area contributed by atoms with Gasteiger partial charge in [0, 0.05) is 31.4 Å². The summed E-state index contributed by atoms with van der Waals surface area (Å²) in [5.41, 5.74) is 0.206. The number of alkyl halides is 3. The summed E-state index contributed by atoms with van der Waals surface area (Å²) in [4.78, 5) is 16.9. The van der Waals surface area contributed by atoms with Crippen LogP contribution in [0, 0.1) is 6.92 Å². The molecule has 0 saturated carbocycles. The van der Waals surface area contributed by atoms with E-state index in [0.717, 1.165) is 10.4 Å². The molecule has 1 N–H and O–H groups in total. The fraction of sp³-hybridized carbons (Fsp3) is 0.360. The van der Waals surface area contributed by atoms with Crippen LogP contribution in [0.4, 0.5) is 18.9 Å². The standard InChI is InChI=1S/C25H25Cl2F3N4O3/c1-15-22(27)24(25(28,29)30)31-34(15)14-21(35)33-11-10-32(17-8-9-18(26)20(12-17)37-2)13-19(33)23(36)16-6-4-3-5-7-16/h3-9,12,19,23,36H,10-11,13-14H2,1-2H3. The van der Waals surface area contributed by atoms with Gasteiger partial charge in [-0.05, 0) is 24.6 Å². The first-order valence-electron chi connectivity index (χ1n) is 11.4. The fourth-order valence-electron chi connectivity index (χ4n) is 4.42. The molecule has 2 heterocycles. The molecule has 1 fully saturated rings. The molecule has 0 bridgehead atoms. The van der Waals surface area contributed by atoms with E-state index < -0.39 is 41.5 Å². The quantitative estimate of drug-likeness (QED) is 0.464. The van der Waals surface area contributed by atoms with Crippen molar-refractivity contribution in [3.63, 3.8) is 0 Å². The van der Waals surface area contributed by atoms with Crippen LogP contribution in [0.3, 0.4) is 0 Å². The molecule has 12 heteroatoms. The molecule has 0 spiro atoms. The van der Waals surface area contributed by atoms with Crippen LogP contribution in [-0.4, -0.2) is 58.5 Å². The molecular weight excluding hydrogens is 532 g/mol. The van der Waals surface area contributed by atoms with Crippen molar-refractivity contribution in [1.29, 1.82) is 0 Å². The maximum atomic E-state index is 13.4. The molecule has 0 aliphatic carbocycles. The lowest BCUT2D eigenvalue weighted by atomic mass is 9.98. The lowest BCUT2D eigenvalue weighted by Gasteiger charge is -2.44. The monoisotopic (exact) mass is 556 g/mol.